The van der Waals surface area contributed by atoms with Gasteiger partial charge >= 0.3 is 19.4 Å². The molecule has 0 spiro atoms. The summed E-state index contributed by atoms with van der Waals surface area (Å²) in [6.07, 6.45) is -4.66. The van der Waals surface area contributed by atoms with Gasteiger partial charge in [0.15, 0.2) is 0 Å². The second-order valence-electron chi connectivity index (χ2n) is 6.89. The number of thiophene rings is 1. The van der Waals surface area contributed by atoms with Crippen molar-refractivity contribution in [2.45, 2.75) is 31.2 Å². The number of benzene rings is 1. The van der Waals surface area contributed by atoms with Crippen LogP contribution in [0.1, 0.15) is 33.8 Å². The van der Waals surface area contributed by atoms with Crippen molar-refractivity contribution in [1.29, 1.82) is 0 Å². The number of amides is 1. The molecule has 9 nitrogen and oxygen atoms in total. The molecule has 3 rings (SSSR count). The van der Waals surface area contributed by atoms with Gasteiger partial charge in [0.1, 0.15) is 16.3 Å². The average molecular weight is 593 g/mol. The van der Waals surface area contributed by atoms with Gasteiger partial charge in [0.25, 0.3) is 5.91 Å². The van der Waals surface area contributed by atoms with E-state index in [9.17, 15) is 31.3 Å². The van der Waals surface area contributed by atoms with Crippen molar-refractivity contribution in [3.63, 3.8) is 0 Å². The lowest BCUT2D eigenvalue weighted by atomic mass is 10.1. The number of rotatable bonds is 9. The zero-order valence-corrected chi connectivity index (χ0v) is 20.0. The van der Waals surface area contributed by atoms with E-state index in [0.29, 0.717) is 5.69 Å². The van der Waals surface area contributed by atoms with E-state index < -0.39 is 49.7 Å². The van der Waals surface area contributed by atoms with E-state index in [2.05, 4.69) is 36.7 Å². The molecule has 4 N–H and O–H groups in total. The van der Waals surface area contributed by atoms with E-state index in [4.69, 9.17) is 14.5 Å². The zero-order chi connectivity index (χ0) is 25.3. The predicted octanol–water partition coefficient (Wildman–Crippen LogP) is 4.66. The quantitative estimate of drug-likeness (QED) is 0.161. The Kier molecular flexibility index (Phi) is 7.67. The highest BCUT2D eigenvalue weighted by molar-refractivity contribution is 9.10. The Morgan fingerprint density at radius 1 is 1.26 bits per heavy atom. The molecule has 2 heterocycles. The van der Waals surface area contributed by atoms with Gasteiger partial charge in [0, 0.05) is 21.8 Å². The summed E-state index contributed by atoms with van der Waals surface area (Å²) in [5.41, 5.74) is -4.26. The Hall–Kier alpha value is -2.13. The van der Waals surface area contributed by atoms with Crippen molar-refractivity contribution < 1.29 is 45.8 Å². The number of H-pyrrole nitrogens is 1. The third-order valence-electron chi connectivity index (χ3n) is 4.35. The highest BCUT2D eigenvalue weighted by Crippen LogP contribution is 2.63. The minimum Gasteiger partial charge on any atom is -0.492 e. The number of carbonyl (C=O) groups is 1. The topological polar surface area (TPSA) is 137 Å². The fourth-order valence-electron chi connectivity index (χ4n) is 2.74. The summed E-state index contributed by atoms with van der Waals surface area (Å²) in [7, 11) is -5.92. The van der Waals surface area contributed by atoms with Crippen molar-refractivity contribution >= 4 is 50.9 Å². The van der Waals surface area contributed by atoms with E-state index in [-0.39, 0.29) is 43.8 Å². The lowest BCUT2D eigenvalue weighted by Gasteiger charge is -2.16. The molecule has 0 unspecified atom stereocenters. The molecule has 0 aliphatic heterocycles. The van der Waals surface area contributed by atoms with Crippen molar-refractivity contribution in [2.75, 3.05) is 6.61 Å². The predicted molar refractivity (Wildman–Crippen MR) is 114 cm³/mol. The van der Waals surface area contributed by atoms with Crippen LogP contribution in [0.15, 0.2) is 22.8 Å². The van der Waals surface area contributed by atoms with Gasteiger partial charge in [0.2, 0.25) is 0 Å². The minimum absolute atomic E-state index is 0.0324. The first-order valence-electron chi connectivity index (χ1n) is 9.23. The maximum absolute atomic E-state index is 14.4. The van der Waals surface area contributed by atoms with Crippen molar-refractivity contribution in [3.8, 4) is 5.75 Å². The maximum Gasteiger partial charge on any atom is 0.400 e. The van der Waals surface area contributed by atoms with Gasteiger partial charge in [-0.2, -0.15) is 37.4 Å². The summed E-state index contributed by atoms with van der Waals surface area (Å²) in [6.45, 7) is -0.486. The standard InChI is InChI=1S/C17H15BrF5N4O5PS/c18-12-10-4-8(15(28)24-6-9-7-25-27-26-9)5-11(32-3-1-2-16(19,20)21)13(10)34-14(12)17(22,23)33(29,30)31/h4-5,7H,1-3,6H2,(H,24,28)(H,25,26,27)(H2,29,30,31). The van der Waals surface area contributed by atoms with Crippen LogP contribution in [0, 0.1) is 0 Å². The summed E-state index contributed by atoms with van der Waals surface area (Å²) < 4.78 is 82.4. The molecule has 0 aliphatic carbocycles. The molecule has 2 aromatic heterocycles. The molecule has 17 heteroatoms. The molecular formula is C17H15BrF5N4O5PS. The molecule has 0 bridgehead atoms. The van der Waals surface area contributed by atoms with Gasteiger partial charge < -0.3 is 19.8 Å². The third-order valence-corrected chi connectivity index (χ3v) is 7.84. The number of halogens is 6. The van der Waals surface area contributed by atoms with E-state index in [0.717, 1.165) is 6.07 Å². The molecule has 0 aliphatic rings. The highest BCUT2D eigenvalue weighted by atomic mass is 79.9. The number of ether oxygens (including phenoxy) is 1. The van der Waals surface area contributed by atoms with Gasteiger partial charge in [-0.15, -0.1) is 11.3 Å². The highest BCUT2D eigenvalue weighted by Gasteiger charge is 2.53. The summed E-state index contributed by atoms with van der Waals surface area (Å²) >= 11 is 3.19. The van der Waals surface area contributed by atoms with Crippen LogP contribution in [-0.4, -0.2) is 43.9 Å². The molecule has 34 heavy (non-hydrogen) atoms. The second kappa shape index (κ2) is 9.85. The number of hydrogen-bond donors (Lipinski definition) is 4. The first-order chi connectivity index (χ1) is 15.7. The van der Waals surface area contributed by atoms with Crippen LogP contribution in [0.3, 0.4) is 0 Å². The minimum atomic E-state index is -5.92. The number of nitrogens with one attached hydrogen (secondary N) is 2. The van der Waals surface area contributed by atoms with Gasteiger partial charge in [-0.3, -0.25) is 9.36 Å². The van der Waals surface area contributed by atoms with Crippen molar-refractivity contribution in [1.82, 2.24) is 20.7 Å². The summed E-state index contributed by atoms with van der Waals surface area (Å²) in [6, 6.07) is 2.34. The van der Waals surface area contributed by atoms with Crippen LogP contribution in [0.2, 0.25) is 0 Å². The van der Waals surface area contributed by atoms with Crippen LogP contribution < -0.4 is 10.1 Å². The van der Waals surface area contributed by atoms with Crippen LogP contribution in [-0.2, 0) is 16.8 Å². The molecule has 3 aromatic rings. The summed E-state index contributed by atoms with van der Waals surface area (Å²) in [4.78, 5) is 29.8. The Bertz CT molecular complexity index is 1230. The van der Waals surface area contributed by atoms with E-state index in [1.807, 2.05) is 0 Å². The maximum atomic E-state index is 14.4. The second-order valence-corrected chi connectivity index (χ2v) is 10.4. The molecule has 0 radical (unpaired) electrons. The smallest absolute Gasteiger partial charge is 0.400 e. The largest absolute Gasteiger partial charge is 0.492 e. The van der Waals surface area contributed by atoms with Crippen LogP contribution in [0.4, 0.5) is 22.0 Å². The lowest BCUT2D eigenvalue weighted by Crippen LogP contribution is -2.23. The Labute approximate surface area is 200 Å². The molecule has 1 amide bonds. The number of carbonyl (C=O) groups excluding carboxylic acids is 1. The van der Waals surface area contributed by atoms with Crippen LogP contribution >= 0.6 is 34.9 Å². The fourth-order valence-corrected chi connectivity index (χ4v) is 5.72. The Balaban J connectivity index is 1.99. The molecular weight excluding hydrogens is 578 g/mol. The first-order valence-corrected chi connectivity index (χ1v) is 12.5. The molecule has 0 fully saturated rings. The average Bonchev–Trinajstić information content (AvgIpc) is 3.36. The molecule has 0 saturated heterocycles. The Morgan fingerprint density at radius 2 is 1.97 bits per heavy atom. The summed E-state index contributed by atoms with van der Waals surface area (Å²) in [5.74, 6) is -0.879. The number of nitrogens with zero attached hydrogens (tertiary/aromatic N) is 2. The number of aromatic nitrogens is 3. The molecule has 0 saturated carbocycles. The van der Waals surface area contributed by atoms with Crippen molar-refractivity contribution in [2.24, 2.45) is 0 Å². The van der Waals surface area contributed by atoms with E-state index in [1.165, 1.54) is 12.3 Å². The normalized spacial score (nSPS) is 12.8. The number of alkyl halides is 5. The van der Waals surface area contributed by atoms with Gasteiger partial charge in [-0.25, -0.2) is 0 Å². The van der Waals surface area contributed by atoms with Gasteiger partial charge in [-0.1, -0.05) is 0 Å². The molecule has 0 atom stereocenters. The van der Waals surface area contributed by atoms with Gasteiger partial charge in [0.05, 0.1) is 24.0 Å². The van der Waals surface area contributed by atoms with E-state index >= 15 is 0 Å². The fraction of sp³-hybridized carbons (Fsp3) is 0.353. The number of aromatic amines is 1. The van der Waals surface area contributed by atoms with Crippen LogP contribution in [0.5, 0.6) is 5.75 Å². The van der Waals surface area contributed by atoms with Crippen molar-refractivity contribution in [3.05, 3.63) is 38.9 Å². The summed E-state index contributed by atoms with van der Waals surface area (Å²) in [5, 5.41) is 12.2. The number of fused-ring (bicyclic) bond motifs is 1. The van der Waals surface area contributed by atoms with Gasteiger partial charge in [-0.05, 0) is 34.5 Å². The Morgan fingerprint density at radius 3 is 2.56 bits per heavy atom. The lowest BCUT2D eigenvalue weighted by molar-refractivity contribution is -0.136. The molecule has 1 aromatic carbocycles. The third kappa shape index (κ3) is 5.92. The monoisotopic (exact) mass is 592 g/mol. The number of hydrogen-bond acceptors (Lipinski definition) is 6. The zero-order valence-electron chi connectivity index (χ0n) is 16.7. The first kappa shape index (κ1) is 26.5. The van der Waals surface area contributed by atoms with E-state index in [1.54, 1.807) is 0 Å². The molecule has 186 valence electrons. The van der Waals surface area contributed by atoms with Crippen LogP contribution in [0.25, 0.3) is 10.1 Å². The SMILES string of the molecule is O=C(NCc1cn[nH]n1)c1cc(OCCCC(F)(F)F)c2sc(C(F)(F)P(=O)(O)O)c(Br)c2c1.